The Morgan fingerprint density at radius 1 is 0.908 bits per heavy atom. The number of carbonyl (C=O) groups excluding carboxylic acids is 4. The van der Waals surface area contributed by atoms with Gasteiger partial charge in [0.15, 0.2) is 11.5 Å². The first kappa shape index (κ1) is 43.0. The fourth-order valence-electron chi connectivity index (χ4n) is 10.6. The van der Waals surface area contributed by atoms with Crippen LogP contribution in [0.5, 0.6) is 11.5 Å². The molecule has 4 aromatic carbocycles. The van der Waals surface area contributed by atoms with E-state index in [1.54, 1.807) is 59.5 Å². The molecule has 2 aliphatic carbocycles. The van der Waals surface area contributed by atoms with Gasteiger partial charge in [0.05, 0.1) is 55.8 Å². The fraction of sp³-hybridized carbons (Fsp3) is 0.286. The number of halogens is 2. The van der Waals surface area contributed by atoms with E-state index in [4.69, 9.17) is 21.4 Å². The van der Waals surface area contributed by atoms with Gasteiger partial charge in [0.25, 0.3) is 0 Å². The van der Waals surface area contributed by atoms with Crippen LogP contribution in [0.2, 0.25) is 5.02 Å². The van der Waals surface area contributed by atoms with E-state index in [2.05, 4.69) is 10.2 Å². The van der Waals surface area contributed by atoms with Crippen molar-refractivity contribution in [3.05, 3.63) is 116 Å². The van der Waals surface area contributed by atoms with Crippen LogP contribution in [0.4, 0.5) is 28.6 Å². The summed E-state index contributed by atoms with van der Waals surface area (Å²) >= 11 is 9.95. The van der Waals surface area contributed by atoms with Gasteiger partial charge >= 0.3 is 0 Å². The number of nitrogens with zero attached hydrogens (tertiary/aromatic N) is 7. The van der Waals surface area contributed by atoms with Crippen molar-refractivity contribution in [1.82, 2.24) is 9.78 Å². The molecule has 2 aliphatic heterocycles. The number of imide groups is 2. The summed E-state index contributed by atoms with van der Waals surface area (Å²) in [4.78, 5) is 65.1. The van der Waals surface area contributed by atoms with Gasteiger partial charge in [0.1, 0.15) is 11.5 Å². The standard InChI is InChI=1S/C49H43ClIN7O6S/c1-24-33-21-26(50)7-18-39(33)65-44(24)37-23-40(56(5)54-37)58-46(61)35-22-34-31(42(49(35,2)48(58)63)25-19-36(51)43(59)38(20-25)64-6)16-17-32-41(34)47(62)57(45(32)60)30-14-10-28(11-15-30)53-52-27-8-12-29(13-9-27)55(3)4/h7-16,18-21,23,32,34-35,41-42,59H,17,22H2,1-6H3. The third-order valence-electron chi connectivity index (χ3n) is 13.8. The maximum atomic E-state index is 15.4. The van der Waals surface area contributed by atoms with Crippen molar-refractivity contribution in [2.24, 2.45) is 46.4 Å². The molecule has 3 fully saturated rings. The lowest BCUT2D eigenvalue weighted by atomic mass is 9.51. The molecule has 330 valence electrons. The van der Waals surface area contributed by atoms with Crippen LogP contribution in [0.15, 0.2) is 107 Å². The first-order valence-electron chi connectivity index (χ1n) is 21.2. The molecule has 4 amide bonds. The second-order valence-corrected chi connectivity index (χ2v) is 20.2. The lowest BCUT2D eigenvalue weighted by Crippen LogP contribution is -2.49. The molecule has 0 spiro atoms. The average Bonchev–Trinajstić information content (AvgIpc) is 3.96. The fourth-order valence-corrected chi connectivity index (χ4v) is 12.5. The van der Waals surface area contributed by atoms with E-state index in [1.165, 1.54) is 16.9 Å². The zero-order valence-corrected chi connectivity index (χ0v) is 40.0. The molecule has 6 atom stereocenters. The second-order valence-electron chi connectivity index (χ2n) is 17.6. The molecule has 0 bridgehead atoms. The van der Waals surface area contributed by atoms with Crippen molar-refractivity contribution in [2.75, 3.05) is 35.9 Å². The van der Waals surface area contributed by atoms with Crippen LogP contribution < -0.4 is 19.4 Å². The number of azo groups is 1. The Labute approximate surface area is 397 Å². The number of benzene rings is 4. The number of hydrogen-bond acceptors (Lipinski definition) is 11. The summed E-state index contributed by atoms with van der Waals surface area (Å²) in [6.45, 7) is 3.84. The predicted molar refractivity (Wildman–Crippen MR) is 260 cm³/mol. The summed E-state index contributed by atoms with van der Waals surface area (Å²) in [7, 11) is 7.11. The average molecular weight is 1020 g/mol. The van der Waals surface area contributed by atoms with Crippen molar-refractivity contribution in [2.45, 2.75) is 32.6 Å². The number of fused-ring (bicyclic) bond motifs is 5. The number of methoxy groups -OCH3 is 1. The van der Waals surface area contributed by atoms with E-state index < -0.39 is 46.8 Å². The Bertz CT molecular complexity index is 3070. The molecule has 4 heterocycles. The van der Waals surface area contributed by atoms with E-state index >= 15 is 9.59 Å². The number of phenolic OH excluding ortho intramolecular Hbond substituents is 1. The minimum atomic E-state index is -1.32. The molecule has 0 radical (unpaired) electrons. The third kappa shape index (κ3) is 6.71. The number of aromatic nitrogens is 2. The summed E-state index contributed by atoms with van der Waals surface area (Å²) < 4.78 is 8.73. The van der Waals surface area contributed by atoms with Gasteiger partial charge in [-0.1, -0.05) is 23.3 Å². The molecule has 2 saturated heterocycles. The molecule has 6 unspecified atom stereocenters. The number of allylic oxidation sites excluding steroid dienone is 2. The van der Waals surface area contributed by atoms with Crippen LogP contribution in [-0.2, 0) is 26.2 Å². The van der Waals surface area contributed by atoms with Crippen molar-refractivity contribution in [3.63, 3.8) is 0 Å². The maximum absolute atomic E-state index is 15.4. The highest BCUT2D eigenvalue weighted by Gasteiger charge is 2.68. The largest absolute Gasteiger partial charge is 0.504 e. The van der Waals surface area contributed by atoms with Crippen LogP contribution in [0.1, 0.15) is 36.8 Å². The van der Waals surface area contributed by atoms with Gasteiger partial charge in [-0.2, -0.15) is 15.3 Å². The van der Waals surface area contributed by atoms with Gasteiger partial charge in [-0.05, 0) is 151 Å². The van der Waals surface area contributed by atoms with E-state index in [0.717, 1.165) is 31.8 Å². The van der Waals surface area contributed by atoms with Gasteiger partial charge in [-0.25, -0.2) is 4.90 Å². The number of phenols is 1. The normalized spacial score (nSPS) is 23.9. The molecule has 10 rings (SSSR count). The van der Waals surface area contributed by atoms with E-state index in [1.807, 2.05) is 110 Å². The Morgan fingerprint density at radius 3 is 2.28 bits per heavy atom. The number of aromatic hydroxyl groups is 1. The molecule has 1 saturated carbocycles. The van der Waals surface area contributed by atoms with Gasteiger partial charge in [0, 0.05) is 48.5 Å². The van der Waals surface area contributed by atoms with Crippen LogP contribution in [0.25, 0.3) is 20.7 Å². The summed E-state index contributed by atoms with van der Waals surface area (Å²) in [5.74, 6) is -4.52. The monoisotopic (exact) mass is 1020 g/mol. The molecule has 4 aliphatic rings. The zero-order chi connectivity index (χ0) is 45.8. The predicted octanol–water partition coefficient (Wildman–Crippen LogP) is 10.5. The molecule has 1 N–H and O–H groups in total. The van der Waals surface area contributed by atoms with Crippen molar-refractivity contribution >= 4 is 108 Å². The molecule has 2 aromatic heterocycles. The number of anilines is 3. The maximum Gasteiger partial charge on any atom is 0.242 e. The minimum absolute atomic E-state index is 0.0429. The molecular weight excluding hydrogens is 977 g/mol. The van der Waals surface area contributed by atoms with Crippen LogP contribution in [0.3, 0.4) is 0 Å². The Hall–Kier alpha value is -5.91. The highest BCUT2D eigenvalue weighted by molar-refractivity contribution is 14.1. The van der Waals surface area contributed by atoms with Crippen molar-refractivity contribution in [3.8, 4) is 22.1 Å². The minimum Gasteiger partial charge on any atom is -0.504 e. The highest BCUT2D eigenvalue weighted by Crippen LogP contribution is 2.64. The summed E-state index contributed by atoms with van der Waals surface area (Å²) in [6.07, 6.45) is 2.46. The summed E-state index contributed by atoms with van der Waals surface area (Å²) in [5, 5.41) is 26.2. The number of amides is 4. The Morgan fingerprint density at radius 2 is 1.60 bits per heavy atom. The van der Waals surface area contributed by atoms with Crippen molar-refractivity contribution in [1.29, 1.82) is 0 Å². The lowest BCUT2D eigenvalue weighted by molar-refractivity contribution is -0.131. The zero-order valence-electron chi connectivity index (χ0n) is 36.2. The molecule has 6 aromatic rings. The van der Waals surface area contributed by atoms with E-state index in [-0.39, 0.29) is 36.2 Å². The number of hydrogen-bond donors (Lipinski definition) is 1. The van der Waals surface area contributed by atoms with Gasteiger partial charge < -0.3 is 14.7 Å². The third-order valence-corrected chi connectivity index (χ3v) is 16.2. The number of thiophene rings is 1. The van der Waals surface area contributed by atoms with E-state index in [9.17, 15) is 14.7 Å². The molecule has 16 heteroatoms. The number of aryl methyl sites for hydroxylation is 2. The number of rotatable bonds is 8. The second kappa shape index (κ2) is 15.9. The van der Waals surface area contributed by atoms with Gasteiger partial charge in [0.2, 0.25) is 23.6 Å². The summed E-state index contributed by atoms with van der Waals surface area (Å²) in [6, 6.07) is 25.6. The lowest BCUT2D eigenvalue weighted by Gasteiger charge is -2.49. The Kier molecular flexibility index (Phi) is 10.5. The van der Waals surface area contributed by atoms with Crippen LogP contribution >= 0.6 is 45.5 Å². The smallest absolute Gasteiger partial charge is 0.242 e. The van der Waals surface area contributed by atoms with Crippen LogP contribution in [0, 0.1) is 39.6 Å². The van der Waals surface area contributed by atoms with Gasteiger partial charge in [-0.15, -0.1) is 11.3 Å². The number of carbonyl (C=O) groups is 4. The van der Waals surface area contributed by atoms with E-state index in [0.29, 0.717) is 42.7 Å². The first-order chi connectivity index (χ1) is 31.1. The number of ether oxygens (including phenoxy) is 1. The topological polar surface area (TPSA) is 150 Å². The SMILES string of the molecule is COc1cc(C2C3=CCC4C(=O)N(c5ccc(N=Nc6ccc(N(C)C)cc6)cc5)C(=O)C4C3CC3C(=O)N(c4cc(-c5sc6ccc(Cl)cc6c5C)nn4C)C(=O)C32C)cc(I)c1O. The van der Waals surface area contributed by atoms with Crippen LogP contribution in [-0.4, -0.2) is 59.7 Å². The molecule has 13 nitrogen and oxygen atoms in total. The quantitative estimate of drug-likeness (QED) is 0.0685. The molecule has 65 heavy (non-hydrogen) atoms. The first-order valence-corrected chi connectivity index (χ1v) is 23.4. The van der Waals surface area contributed by atoms with Crippen molar-refractivity contribution < 1.29 is 29.0 Å². The van der Waals surface area contributed by atoms with Gasteiger partial charge in [-0.3, -0.25) is 28.8 Å². The molecular formula is C49H43ClIN7O6S. The Balaban J connectivity index is 1.01. The highest BCUT2D eigenvalue weighted by atomic mass is 127. The summed E-state index contributed by atoms with van der Waals surface area (Å²) in [5.41, 5.74) is 4.46.